The van der Waals surface area contributed by atoms with Crippen LogP contribution in [0.3, 0.4) is 0 Å². The number of carbonyl (C=O) groups is 1. The molecule has 0 aromatic rings. The van der Waals surface area contributed by atoms with Crippen LogP contribution in [0, 0.1) is 22.7 Å². The van der Waals surface area contributed by atoms with Gasteiger partial charge in [-0.2, -0.15) is 0 Å². The van der Waals surface area contributed by atoms with Gasteiger partial charge in [0.25, 0.3) is 0 Å². The minimum Gasteiger partial charge on any atom is -0.469 e. The third kappa shape index (κ3) is 0.945. The molecule has 3 atom stereocenters. The molecule has 14 heavy (non-hydrogen) atoms. The molecule has 0 saturated heterocycles. The summed E-state index contributed by atoms with van der Waals surface area (Å²) in [5, 5.41) is 0. The summed E-state index contributed by atoms with van der Waals surface area (Å²) in [7, 11) is 1.50. The predicted octanol–water partition coefficient (Wildman–Crippen LogP) is 2.62. The lowest BCUT2D eigenvalue weighted by Crippen LogP contribution is -2.36. The van der Waals surface area contributed by atoms with E-state index in [1.54, 1.807) is 0 Å². The number of carbonyl (C=O) groups excluding carboxylic acids is 1. The molecule has 2 nitrogen and oxygen atoms in total. The second-order valence-electron chi connectivity index (χ2n) is 5.69. The van der Waals surface area contributed by atoms with Gasteiger partial charge in [-0.3, -0.25) is 4.79 Å². The average molecular weight is 196 g/mol. The van der Waals surface area contributed by atoms with E-state index in [4.69, 9.17) is 4.74 Å². The van der Waals surface area contributed by atoms with Gasteiger partial charge in [-0.25, -0.2) is 0 Å². The molecule has 2 aliphatic carbocycles. The molecule has 0 radical (unpaired) electrons. The van der Waals surface area contributed by atoms with Gasteiger partial charge >= 0.3 is 5.97 Å². The molecular weight excluding hydrogens is 176 g/mol. The van der Waals surface area contributed by atoms with Gasteiger partial charge in [0.2, 0.25) is 0 Å². The lowest BCUT2D eigenvalue weighted by molar-refractivity contribution is -0.150. The van der Waals surface area contributed by atoms with Crippen LogP contribution in [0.1, 0.15) is 40.0 Å². The van der Waals surface area contributed by atoms with Crippen molar-refractivity contribution in [2.45, 2.75) is 40.0 Å². The molecule has 0 spiro atoms. The fourth-order valence-electron chi connectivity index (χ4n) is 3.70. The first-order chi connectivity index (χ1) is 6.43. The van der Waals surface area contributed by atoms with Gasteiger partial charge in [0.15, 0.2) is 0 Å². The summed E-state index contributed by atoms with van der Waals surface area (Å²) in [4.78, 5) is 11.7. The van der Waals surface area contributed by atoms with Crippen LogP contribution in [0.5, 0.6) is 0 Å². The average Bonchev–Trinajstić information content (AvgIpc) is 2.47. The third-order valence-corrected chi connectivity index (χ3v) is 5.28. The summed E-state index contributed by atoms with van der Waals surface area (Å²) >= 11 is 0. The molecule has 2 heteroatoms. The molecule has 2 saturated carbocycles. The van der Waals surface area contributed by atoms with Crippen molar-refractivity contribution in [3.63, 3.8) is 0 Å². The van der Waals surface area contributed by atoms with Crippen LogP contribution in [-0.2, 0) is 9.53 Å². The number of hydrogen-bond donors (Lipinski definition) is 0. The predicted molar refractivity (Wildman–Crippen MR) is 54.7 cm³/mol. The molecule has 0 N–H and O–H groups in total. The quantitative estimate of drug-likeness (QED) is 0.603. The molecular formula is C12H20O2. The van der Waals surface area contributed by atoms with E-state index in [9.17, 15) is 4.79 Å². The fourth-order valence-corrected chi connectivity index (χ4v) is 3.70. The number of ether oxygens (including phenoxy) is 1. The SMILES string of the molecule is COC(=O)[C@@H]1C[C@@H]2CC[C@@]1(C)C2(C)C. The van der Waals surface area contributed by atoms with Gasteiger partial charge in [0.1, 0.15) is 0 Å². The van der Waals surface area contributed by atoms with Crippen molar-refractivity contribution in [3.8, 4) is 0 Å². The molecule has 0 heterocycles. The summed E-state index contributed by atoms with van der Waals surface area (Å²) in [6.07, 6.45) is 3.51. The molecule has 0 unspecified atom stereocenters. The number of hydrogen-bond acceptors (Lipinski definition) is 2. The van der Waals surface area contributed by atoms with E-state index in [1.807, 2.05) is 0 Å². The standard InChI is InChI=1S/C12H20O2/c1-11(2)8-5-6-12(11,3)9(7-8)10(13)14-4/h8-9H,5-7H2,1-4H3/t8-,9-,12+/m0/s1. The number of fused-ring (bicyclic) bond motifs is 2. The van der Waals surface area contributed by atoms with Gasteiger partial charge < -0.3 is 4.74 Å². The van der Waals surface area contributed by atoms with Crippen LogP contribution in [-0.4, -0.2) is 13.1 Å². The number of methoxy groups -OCH3 is 1. The summed E-state index contributed by atoms with van der Waals surface area (Å²) in [5.41, 5.74) is 0.483. The maximum atomic E-state index is 11.7. The van der Waals surface area contributed by atoms with Gasteiger partial charge in [-0.15, -0.1) is 0 Å². The summed E-state index contributed by atoms with van der Waals surface area (Å²) in [6.45, 7) is 6.89. The second-order valence-corrected chi connectivity index (χ2v) is 5.69. The minimum absolute atomic E-state index is 0.00257. The Kier molecular flexibility index (Phi) is 1.96. The van der Waals surface area contributed by atoms with E-state index >= 15 is 0 Å². The Morgan fingerprint density at radius 1 is 1.36 bits per heavy atom. The summed E-state index contributed by atoms with van der Waals surface area (Å²) in [5.74, 6) is 0.862. The fraction of sp³-hybridized carbons (Fsp3) is 0.917. The van der Waals surface area contributed by atoms with Crippen molar-refractivity contribution in [2.24, 2.45) is 22.7 Å². The zero-order valence-electron chi connectivity index (χ0n) is 9.59. The highest BCUT2D eigenvalue weighted by Crippen LogP contribution is 2.68. The zero-order chi connectivity index (χ0) is 10.6. The van der Waals surface area contributed by atoms with E-state index in [-0.39, 0.29) is 17.3 Å². The van der Waals surface area contributed by atoms with Crippen LogP contribution >= 0.6 is 0 Å². The molecule has 2 fully saturated rings. The highest BCUT2D eigenvalue weighted by Gasteiger charge is 2.63. The number of rotatable bonds is 1. The van der Waals surface area contributed by atoms with Crippen molar-refractivity contribution in [1.82, 2.24) is 0 Å². The van der Waals surface area contributed by atoms with Gasteiger partial charge in [-0.05, 0) is 36.0 Å². The van der Waals surface area contributed by atoms with Crippen LogP contribution < -0.4 is 0 Å². The normalized spacial score (nSPS) is 44.0. The maximum Gasteiger partial charge on any atom is 0.309 e. The largest absolute Gasteiger partial charge is 0.469 e. The Balaban J connectivity index is 2.31. The van der Waals surface area contributed by atoms with E-state index in [1.165, 1.54) is 20.0 Å². The number of esters is 1. The first-order valence-electron chi connectivity index (χ1n) is 5.51. The minimum atomic E-state index is 0.00257. The lowest BCUT2D eigenvalue weighted by Gasteiger charge is -2.37. The first-order valence-corrected chi connectivity index (χ1v) is 5.51. The zero-order valence-corrected chi connectivity index (χ0v) is 9.59. The Labute approximate surface area is 86.0 Å². The van der Waals surface area contributed by atoms with E-state index in [0.29, 0.717) is 5.41 Å². The Morgan fingerprint density at radius 2 is 2.00 bits per heavy atom. The molecule has 2 aliphatic rings. The monoisotopic (exact) mass is 196 g/mol. The van der Waals surface area contributed by atoms with E-state index in [2.05, 4.69) is 20.8 Å². The van der Waals surface area contributed by atoms with Crippen LogP contribution in [0.2, 0.25) is 0 Å². The molecule has 0 aliphatic heterocycles. The molecule has 2 rings (SSSR count). The maximum absolute atomic E-state index is 11.7. The summed E-state index contributed by atoms with van der Waals surface area (Å²) < 4.78 is 4.91. The highest BCUT2D eigenvalue weighted by atomic mass is 16.5. The first kappa shape index (κ1) is 10.0. The van der Waals surface area contributed by atoms with Crippen molar-refractivity contribution < 1.29 is 9.53 Å². The van der Waals surface area contributed by atoms with Crippen molar-refractivity contribution in [3.05, 3.63) is 0 Å². The van der Waals surface area contributed by atoms with Gasteiger partial charge in [0.05, 0.1) is 13.0 Å². The molecule has 80 valence electrons. The van der Waals surface area contributed by atoms with Gasteiger partial charge in [0, 0.05) is 0 Å². The molecule has 2 bridgehead atoms. The summed E-state index contributed by atoms with van der Waals surface area (Å²) in [6, 6.07) is 0. The Bertz CT molecular complexity index is 269. The molecule has 0 aromatic heterocycles. The van der Waals surface area contributed by atoms with Crippen molar-refractivity contribution in [1.29, 1.82) is 0 Å². The van der Waals surface area contributed by atoms with E-state index < -0.39 is 0 Å². The van der Waals surface area contributed by atoms with Crippen molar-refractivity contribution in [2.75, 3.05) is 7.11 Å². The van der Waals surface area contributed by atoms with Gasteiger partial charge in [-0.1, -0.05) is 20.8 Å². The second kappa shape index (κ2) is 2.74. The van der Waals surface area contributed by atoms with Crippen LogP contribution in [0.15, 0.2) is 0 Å². The third-order valence-electron chi connectivity index (χ3n) is 5.28. The molecule has 0 aromatic carbocycles. The van der Waals surface area contributed by atoms with Crippen molar-refractivity contribution >= 4 is 5.97 Å². The van der Waals surface area contributed by atoms with Crippen LogP contribution in [0.25, 0.3) is 0 Å². The van der Waals surface area contributed by atoms with Crippen LogP contribution in [0.4, 0.5) is 0 Å². The Morgan fingerprint density at radius 3 is 2.36 bits per heavy atom. The highest BCUT2D eigenvalue weighted by molar-refractivity contribution is 5.74. The molecule has 0 amide bonds. The lowest BCUT2D eigenvalue weighted by atomic mass is 9.67. The Hall–Kier alpha value is -0.530. The van der Waals surface area contributed by atoms with E-state index in [0.717, 1.165) is 12.3 Å². The topological polar surface area (TPSA) is 26.3 Å². The smallest absolute Gasteiger partial charge is 0.309 e.